The van der Waals surface area contributed by atoms with Gasteiger partial charge in [0.15, 0.2) is 28.7 Å². The molecule has 4 N–H and O–H groups in total. The number of aryl methyl sites for hydroxylation is 1. The quantitative estimate of drug-likeness (QED) is 0.486. The van der Waals surface area contributed by atoms with Crippen molar-refractivity contribution >= 4 is 17.1 Å². The van der Waals surface area contributed by atoms with Gasteiger partial charge in [0, 0.05) is 0 Å². The Bertz CT molecular complexity index is 1320. The number of phenolic OH excluding ortho intramolecular Hbond substituents is 1. The lowest BCUT2D eigenvalue weighted by Gasteiger charge is -2.10. The summed E-state index contributed by atoms with van der Waals surface area (Å²) in [5.41, 5.74) is 6.88. The fourth-order valence-corrected chi connectivity index (χ4v) is 3.16. The van der Waals surface area contributed by atoms with Gasteiger partial charge >= 0.3 is 5.69 Å². The van der Waals surface area contributed by atoms with Crippen molar-refractivity contribution in [1.82, 2.24) is 19.5 Å². The van der Waals surface area contributed by atoms with Gasteiger partial charge in [-0.05, 0) is 36.8 Å². The van der Waals surface area contributed by atoms with E-state index >= 15 is 0 Å². The molecule has 9 heteroatoms. The van der Waals surface area contributed by atoms with E-state index in [9.17, 15) is 14.7 Å². The second-order valence-corrected chi connectivity index (χ2v) is 6.42. The summed E-state index contributed by atoms with van der Waals surface area (Å²) < 4.78 is 6.45. The molecule has 0 aliphatic heterocycles. The highest BCUT2D eigenvalue weighted by molar-refractivity contribution is 6.02. The van der Waals surface area contributed by atoms with Gasteiger partial charge in [-0.25, -0.2) is 19.3 Å². The van der Waals surface area contributed by atoms with Crippen LogP contribution >= 0.6 is 0 Å². The predicted octanol–water partition coefficient (Wildman–Crippen LogP) is 1.90. The van der Waals surface area contributed by atoms with Gasteiger partial charge in [0.25, 0.3) is 5.91 Å². The minimum absolute atomic E-state index is 0.0307. The second kappa shape index (κ2) is 6.79. The topological polar surface area (TPSA) is 136 Å². The predicted molar refractivity (Wildman–Crippen MR) is 106 cm³/mol. The van der Waals surface area contributed by atoms with Crippen LogP contribution in [0.4, 0.5) is 0 Å². The van der Waals surface area contributed by atoms with Gasteiger partial charge in [-0.3, -0.25) is 4.79 Å². The van der Waals surface area contributed by atoms with Crippen LogP contribution in [-0.2, 0) is 0 Å². The number of methoxy groups -OCH3 is 1. The number of nitrogens with two attached hydrogens (primary N) is 1. The molecular formula is C20H17N5O4. The average Bonchev–Trinajstić information content (AvgIpc) is 3.02. The molecule has 0 spiro atoms. The molecular weight excluding hydrogens is 374 g/mol. The summed E-state index contributed by atoms with van der Waals surface area (Å²) in [5.74, 6) is -0.775. The number of benzene rings is 2. The molecule has 0 bridgehead atoms. The monoisotopic (exact) mass is 391 g/mol. The maximum Gasteiger partial charge on any atom is 0.332 e. The number of nitrogens with zero attached hydrogens (tertiary/aromatic N) is 3. The Morgan fingerprint density at radius 1 is 1.21 bits per heavy atom. The third-order valence-corrected chi connectivity index (χ3v) is 4.49. The number of carbonyl (C=O) groups excluding carboxylic acids is 1. The second-order valence-electron chi connectivity index (χ2n) is 6.42. The summed E-state index contributed by atoms with van der Waals surface area (Å²) in [6.45, 7) is 1.90. The molecule has 0 saturated heterocycles. The van der Waals surface area contributed by atoms with Gasteiger partial charge < -0.3 is 20.6 Å². The number of fused-ring (bicyclic) bond motifs is 1. The minimum Gasteiger partial charge on any atom is -0.504 e. The Kier molecular flexibility index (Phi) is 4.27. The molecule has 2 heterocycles. The molecule has 4 aromatic rings. The fourth-order valence-electron chi connectivity index (χ4n) is 3.16. The van der Waals surface area contributed by atoms with Crippen LogP contribution in [0.25, 0.3) is 28.2 Å². The number of H-pyrrole nitrogens is 1. The zero-order chi connectivity index (χ0) is 20.7. The molecule has 2 aromatic carbocycles. The van der Waals surface area contributed by atoms with Crippen LogP contribution in [-0.4, -0.2) is 37.6 Å². The first-order valence-electron chi connectivity index (χ1n) is 8.66. The molecule has 1 amide bonds. The van der Waals surface area contributed by atoms with Crippen LogP contribution in [0.3, 0.4) is 0 Å². The van der Waals surface area contributed by atoms with Gasteiger partial charge in [0.1, 0.15) is 5.52 Å². The molecule has 146 valence electrons. The highest BCUT2D eigenvalue weighted by atomic mass is 16.5. The SMILES string of the molecule is COc1cccc(-c2nc(C(N)=O)c3[nH]c(=O)n(-c4cccc(C)c4)c3n2)c1O. The van der Waals surface area contributed by atoms with E-state index in [1.165, 1.54) is 11.7 Å². The maximum atomic E-state index is 12.7. The average molecular weight is 391 g/mol. The fraction of sp³-hybridized carbons (Fsp3) is 0.100. The molecule has 0 saturated carbocycles. The van der Waals surface area contributed by atoms with Crippen LogP contribution in [0.1, 0.15) is 16.1 Å². The van der Waals surface area contributed by atoms with E-state index < -0.39 is 11.6 Å². The van der Waals surface area contributed by atoms with Gasteiger partial charge in [-0.1, -0.05) is 18.2 Å². The van der Waals surface area contributed by atoms with Crippen LogP contribution in [0, 0.1) is 6.92 Å². The molecule has 0 aliphatic rings. The first kappa shape index (κ1) is 18.2. The van der Waals surface area contributed by atoms with Gasteiger partial charge in [-0.15, -0.1) is 0 Å². The van der Waals surface area contributed by atoms with E-state index in [0.717, 1.165) is 5.56 Å². The molecule has 0 fully saturated rings. The van der Waals surface area contributed by atoms with E-state index in [1.54, 1.807) is 30.3 Å². The van der Waals surface area contributed by atoms with Crippen LogP contribution < -0.4 is 16.2 Å². The number of ether oxygens (including phenoxy) is 1. The van der Waals surface area contributed by atoms with Crippen molar-refractivity contribution in [3.8, 4) is 28.6 Å². The Labute approximate surface area is 164 Å². The van der Waals surface area contributed by atoms with Crippen molar-refractivity contribution in [1.29, 1.82) is 0 Å². The number of aromatic nitrogens is 4. The molecule has 2 aromatic heterocycles. The summed E-state index contributed by atoms with van der Waals surface area (Å²) in [7, 11) is 1.42. The number of hydrogen-bond donors (Lipinski definition) is 3. The number of phenols is 1. The number of amides is 1. The standard InChI is InChI=1S/C20H17N5O4/c1-10-5-3-6-11(9-10)25-19-15(23-20(25)28)14(17(21)27)22-18(24-19)12-7-4-8-13(29-2)16(12)26/h3-9,26H,1-2H3,(H2,21,27)(H,23,28). The third-order valence-electron chi connectivity index (χ3n) is 4.49. The summed E-state index contributed by atoms with van der Waals surface area (Å²) in [6.07, 6.45) is 0. The van der Waals surface area contributed by atoms with Crippen molar-refractivity contribution in [2.45, 2.75) is 6.92 Å². The lowest BCUT2D eigenvalue weighted by molar-refractivity contribution is 0.0997. The smallest absolute Gasteiger partial charge is 0.332 e. The zero-order valence-corrected chi connectivity index (χ0v) is 15.6. The van der Waals surface area contributed by atoms with Crippen molar-refractivity contribution in [3.05, 3.63) is 64.2 Å². The number of hydrogen-bond acceptors (Lipinski definition) is 6. The number of carbonyl (C=O) groups is 1. The largest absolute Gasteiger partial charge is 0.504 e. The van der Waals surface area contributed by atoms with Crippen molar-refractivity contribution in [3.63, 3.8) is 0 Å². The summed E-state index contributed by atoms with van der Waals surface area (Å²) in [5, 5.41) is 10.5. The van der Waals surface area contributed by atoms with Crippen molar-refractivity contribution < 1.29 is 14.6 Å². The number of primary amides is 1. The van der Waals surface area contributed by atoms with Crippen molar-refractivity contribution in [2.75, 3.05) is 7.11 Å². The number of imidazole rings is 1. The molecule has 0 radical (unpaired) electrons. The first-order valence-corrected chi connectivity index (χ1v) is 8.66. The number of nitrogens with one attached hydrogen (secondary N) is 1. The van der Waals surface area contributed by atoms with Crippen LogP contribution in [0.5, 0.6) is 11.5 Å². The number of aromatic hydroxyl groups is 1. The Balaban J connectivity index is 2.08. The maximum absolute atomic E-state index is 12.7. The normalized spacial score (nSPS) is 11.0. The molecule has 0 atom stereocenters. The van der Waals surface area contributed by atoms with E-state index in [-0.39, 0.29) is 39.7 Å². The Morgan fingerprint density at radius 3 is 2.66 bits per heavy atom. The number of para-hydroxylation sites is 1. The summed E-state index contributed by atoms with van der Waals surface area (Å²) >= 11 is 0. The number of rotatable bonds is 4. The number of aromatic amines is 1. The first-order chi connectivity index (χ1) is 13.9. The van der Waals surface area contributed by atoms with E-state index in [4.69, 9.17) is 10.5 Å². The molecule has 9 nitrogen and oxygen atoms in total. The van der Waals surface area contributed by atoms with Gasteiger partial charge in [0.2, 0.25) is 0 Å². The van der Waals surface area contributed by atoms with E-state index in [0.29, 0.717) is 5.69 Å². The Morgan fingerprint density at radius 2 is 1.97 bits per heavy atom. The lowest BCUT2D eigenvalue weighted by atomic mass is 10.1. The lowest BCUT2D eigenvalue weighted by Crippen LogP contribution is -2.15. The van der Waals surface area contributed by atoms with Crippen molar-refractivity contribution in [2.24, 2.45) is 5.73 Å². The summed E-state index contributed by atoms with van der Waals surface area (Å²) in [6, 6.07) is 12.1. The van der Waals surface area contributed by atoms with E-state index in [2.05, 4.69) is 15.0 Å². The summed E-state index contributed by atoms with van der Waals surface area (Å²) in [4.78, 5) is 35.9. The minimum atomic E-state index is -0.835. The van der Waals surface area contributed by atoms with Crippen LogP contribution in [0.15, 0.2) is 47.3 Å². The Hall–Kier alpha value is -4.14. The molecule has 4 rings (SSSR count). The molecule has 0 unspecified atom stereocenters. The van der Waals surface area contributed by atoms with Gasteiger partial charge in [-0.2, -0.15) is 0 Å². The van der Waals surface area contributed by atoms with Gasteiger partial charge in [0.05, 0.1) is 18.4 Å². The highest BCUT2D eigenvalue weighted by Gasteiger charge is 2.22. The third kappa shape index (κ3) is 2.98. The highest BCUT2D eigenvalue weighted by Crippen LogP contribution is 2.35. The molecule has 0 aliphatic carbocycles. The van der Waals surface area contributed by atoms with E-state index in [1.807, 2.05) is 19.1 Å². The molecule has 29 heavy (non-hydrogen) atoms. The zero-order valence-electron chi connectivity index (χ0n) is 15.6. The van der Waals surface area contributed by atoms with Crippen LogP contribution in [0.2, 0.25) is 0 Å².